The van der Waals surface area contributed by atoms with Gasteiger partial charge in [-0.3, -0.25) is 10.1 Å². The van der Waals surface area contributed by atoms with Crippen molar-refractivity contribution in [3.63, 3.8) is 0 Å². The molecule has 18 heavy (non-hydrogen) atoms. The second-order valence-corrected chi connectivity index (χ2v) is 3.72. The summed E-state index contributed by atoms with van der Waals surface area (Å²) >= 11 is 0. The van der Waals surface area contributed by atoms with Gasteiger partial charge < -0.3 is 10.6 Å². The highest BCUT2D eigenvalue weighted by molar-refractivity contribution is 5.63. The lowest BCUT2D eigenvalue weighted by Crippen LogP contribution is -2.11. The average Bonchev–Trinajstić information content (AvgIpc) is 2.33. The fourth-order valence-corrected chi connectivity index (χ4v) is 1.39. The van der Waals surface area contributed by atoms with E-state index >= 15 is 0 Å². The predicted molar refractivity (Wildman–Crippen MR) is 66.4 cm³/mol. The number of halogens is 2. The molecule has 5 nitrogen and oxygen atoms in total. The van der Waals surface area contributed by atoms with Crippen LogP contribution in [0.1, 0.15) is 13.3 Å². The van der Waals surface area contributed by atoms with Crippen LogP contribution < -0.4 is 10.6 Å². The Balaban J connectivity index is 2.87. The molecule has 0 aliphatic carbocycles. The van der Waals surface area contributed by atoms with Gasteiger partial charge in [0.05, 0.1) is 11.5 Å². The lowest BCUT2D eigenvalue weighted by molar-refractivity contribution is -0.384. The van der Waals surface area contributed by atoms with Gasteiger partial charge in [0.1, 0.15) is 0 Å². The Morgan fingerprint density at radius 1 is 1.28 bits per heavy atom. The number of nitrogens with one attached hydrogen (secondary N) is 2. The summed E-state index contributed by atoms with van der Waals surface area (Å²) in [4.78, 5) is 10.2. The number of benzene rings is 1. The third-order valence-electron chi connectivity index (χ3n) is 2.17. The van der Waals surface area contributed by atoms with E-state index in [1.165, 1.54) is 12.1 Å². The molecule has 0 aliphatic rings. The predicted octanol–water partition coefficient (Wildman–Crippen LogP) is 3.09. The standard InChI is InChI=1S/C11H15F2N3O2/c1-2-3-14-8-4-9(15-7-11(12)13)6-10(5-8)16(17)18/h4-6,11,14-15H,2-3,7H2,1H3. The second kappa shape index (κ2) is 6.73. The first-order chi connectivity index (χ1) is 8.52. The lowest BCUT2D eigenvalue weighted by atomic mass is 10.2. The molecule has 0 aliphatic heterocycles. The maximum atomic E-state index is 12.1. The number of nitro benzene ring substituents is 1. The van der Waals surface area contributed by atoms with Crippen molar-refractivity contribution in [3.05, 3.63) is 28.3 Å². The number of alkyl halides is 2. The van der Waals surface area contributed by atoms with Crippen LogP contribution in [0.4, 0.5) is 25.8 Å². The lowest BCUT2D eigenvalue weighted by Gasteiger charge is -2.09. The van der Waals surface area contributed by atoms with Crippen molar-refractivity contribution in [2.75, 3.05) is 23.7 Å². The summed E-state index contributed by atoms with van der Waals surface area (Å²) in [7, 11) is 0. The van der Waals surface area contributed by atoms with Crippen LogP contribution >= 0.6 is 0 Å². The van der Waals surface area contributed by atoms with E-state index in [-0.39, 0.29) is 5.69 Å². The molecular weight excluding hydrogens is 244 g/mol. The van der Waals surface area contributed by atoms with E-state index in [1.807, 2.05) is 6.92 Å². The van der Waals surface area contributed by atoms with E-state index in [9.17, 15) is 18.9 Å². The number of hydrogen-bond donors (Lipinski definition) is 2. The molecule has 2 N–H and O–H groups in total. The minimum absolute atomic E-state index is 0.132. The Morgan fingerprint density at radius 2 is 1.89 bits per heavy atom. The van der Waals surface area contributed by atoms with E-state index in [4.69, 9.17) is 0 Å². The van der Waals surface area contributed by atoms with E-state index < -0.39 is 17.9 Å². The molecule has 0 saturated heterocycles. The van der Waals surface area contributed by atoms with Crippen LogP contribution in [0.5, 0.6) is 0 Å². The van der Waals surface area contributed by atoms with Gasteiger partial charge in [-0.25, -0.2) is 8.78 Å². The monoisotopic (exact) mass is 259 g/mol. The summed E-state index contributed by atoms with van der Waals surface area (Å²) in [5.74, 6) is 0. The highest BCUT2D eigenvalue weighted by Crippen LogP contribution is 2.24. The highest BCUT2D eigenvalue weighted by Gasteiger charge is 2.10. The normalized spacial score (nSPS) is 10.4. The van der Waals surface area contributed by atoms with Gasteiger partial charge in [-0.05, 0) is 12.5 Å². The van der Waals surface area contributed by atoms with Gasteiger partial charge in [-0.2, -0.15) is 0 Å². The van der Waals surface area contributed by atoms with Crippen LogP contribution in [0.3, 0.4) is 0 Å². The largest absolute Gasteiger partial charge is 0.385 e. The molecule has 0 atom stereocenters. The van der Waals surface area contributed by atoms with Gasteiger partial charge in [0.15, 0.2) is 0 Å². The van der Waals surface area contributed by atoms with E-state index in [1.54, 1.807) is 6.07 Å². The quantitative estimate of drug-likeness (QED) is 0.583. The molecule has 1 aromatic carbocycles. The Labute approximate surface area is 103 Å². The maximum Gasteiger partial charge on any atom is 0.273 e. The average molecular weight is 259 g/mol. The topological polar surface area (TPSA) is 67.2 Å². The number of anilines is 2. The first kappa shape index (κ1) is 14.1. The fraction of sp³-hybridized carbons (Fsp3) is 0.455. The van der Waals surface area contributed by atoms with Crippen molar-refractivity contribution in [2.24, 2.45) is 0 Å². The Morgan fingerprint density at radius 3 is 2.39 bits per heavy atom. The summed E-state index contributed by atoms with van der Waals surface area (Å²) in [6.45, 7) is 2.09. The molecule has 0 fully saturated rings. The molecule has 0 saturated carbocycles. The minimum Gasteiger partial charge on any atom is -0.385 e. The minimum atomic E-state index is -2.50. The van der Waals surface area contributed by atoms with E-state index in [2.05, 4.69) is 10.6 Å². The summed E-state index contributed by atoms with van der Waals surface area (Å²) in [6.07, 6.45) is -1.64. The molecule has 0 radical (unpaired) electrons. The molecule has 0 aromatic heterocycles. The highest BCUT2D eigenvalue weighted by atomic mass is 19.3. The van der Waals surface area contributed by atoms with Crippen molar-refractivity contribution >= 4 is 17.1 Å². The van der Waals surface area contributed by atoms with Gasteiger partial charge in [0, 0.05) is 30.1 Å². The van der Waals surface area contributed by atoms with Crippen LogP contribution in [-0.4, -0.2) is 24.4 Å². The van der Waals surface area contributed by atoms with Gasteiger partial charge in [0.25, 0.3) is 12.1 Å². The Hall–Kier alpha value is -1.92. The summed E-state index contributed by atoms with van der Waals surface area (Å²) in [6, 6.07) is 4.19. The molecule has 1 aromatic rings. The smallest absolute Gasteiger partial charge is 0.273 e. The van der Waals surface area contributed by atoms with Crippen molar-refractivity contribution < 1.29 is 13.7 Å². The molecule has 0 heterocycles. The van der Waals surface area contributed by atoms with Crippen LogP contribution in [0.2, 0.25) is 0 Å². The van der Waals surface area contributed by atoms with Crippen LogP contribution in [0.25, 0.3) is 0 Å². The number of nitrogens with zero attached hydrogens (tertiary/aromatic N) is 1. The van der Waals surface area contributed by atoms with E-state index in [0.29, 0.717) is 17.9 Å². The van der Waals surface area contributed by atoms with Crippen LogP contribution in [0.15, 0.2) is 18.2 Å². The van der Waals surface area contributed by atoms with Gasteiger partial charge in [0.2, 0.25) is 0 Å². The molecule has 7 heteroatoms. The van der Waals surface area contributed by atoms with Crippen molar-refractivity contribution in [1.82, 2.24) is 0 Å². The van der Waals surface area contributed by atoms with Gasteiger partial charge >= 0.3 is 0 Å². The zero-order chi connectivity index (χ0) is 13.5. The molecule has 0 amide bonds. The Kier molecular flexibility index (Phi) is 5.29. The van der Waals surface area contributed by atoms with Crippen LogP contribution in [-0.2, 0) is 0 Å². The zero-order valence-electron chi connectivity index (χ0n) is 9.95. The molecule has 0 bridgehead atoms. The number of hydrogen-bond acceptors (Lipinski definition) is 4. The fourth-order valence-electron chi connectivity index (χ4n) is 1.39. The summed E-state index contributed by atoms with van der Waals surface area (Å²) in [5, 5.41) is 16.2. The second-order valence-electron chi connectivity index (χ2n) is 3.72. The first-order valence-corrected chi connectivity index (χ1v) is 5.58. The van der Waals surface area contributed by atoms with Crippen LogP contribution in [0, 0.1) is 10.1 Å². The number of rotatable bonds is 7. The Bertz CT molecular complexity index is 413. The van der Waals surface area contributed by atoms with Gasteiger partial charge in [-0.15, -0.1) is 0 Å². The zero-order valence-corrected chi connectivity index (χ0v) is 9.95. The third-order valence-corrected chi connectivity index (χ3v) is 2.17. The number of non-ortho nitro benzene ring substituents is 1. The summed E-state index contributed by atoms with van der Waals surface area (Å²) < 4.78 is 24.1. The van der Waals surface area contributed by atoms with Crippen molar-refractivity contribution in [2.45, 2.75) is 19.8 Å². The molecule has 0 spiro atoms. The molecule has 100 valence electrons. The SMILES string of the molecule is CCCNc1cc(NCC(F)F)cc([N+](=O)[O-])c1. The molecular formula is C11H15F2N3O2. The van der Waals surface area contributed by atoms with Crippen molar-refractivity contribution in [1.29, 1.82) is 0 Å². The molecule has 1 rings (SSSR count). The maximum absolute atomic E-state index is 12.1. The van der Waals surface area contributed by atoms with Gasteiger partial charge in [-0.1, -0.05) is 6.92 Å². The van der Waals surface area contributed by atoms with Crippen molar-refractivity contribution in [3.8, 4) is 0 Å². The summed E-state index contributed by atoms with van der Waals surface area (Å²) in [5.41, 5.74) is 0.721. The first-order valence-electron chi connectivity index (χ1n) is 5.58. The third kappa shape index (κ3) is 4.52. The molecule has 0 unspecified atom stereocenters. The van der Waals surface area contributed by atoms with E-state index in [0.717, 1.165) is 6.42 Å². The number of nitro groups is 1.